The molecule has 0 bridgehead atoms. The highest BCUT2D eigenvalue weighted by Crippen LogP contribution is 2.27. The number of benzene rings is 1. The van der Waals surface area contributed by atoms with E-state index in [1.54, 1.807) is 18.5 Å². The zero-order valence-corrected chi connectivity index (χ0v) is 15.4. The van der Waals surface area contributed by atoms with Crippen LogP contribution in [0.1, 0.15) is 25.7 Å². The molecule has 144 valence electrons. The van der Waals surface area contributed by atoms with Gasteiger partial charge in [-0.3, -0.25) is 9.88 Å². The lowest BCUT2D eigenvalue weighted by Crippen LogP contribution is -2.49. The summed E-state index contributed by atoms with van der Waals surface area (Å²) in [6.07, 6.45) is 7.95. The van der Waals surface area contributed by atoms with Gasteiger partial charge in [0.15, 0.2) is 11.6 Å². The third kappa shape index (κ3) is 4.38. The fourth-order valence-electron chi connectivity index (χ4n) is 4.14. The van der Waals surface area contributed by atoms with Crippen LogP contribution in [0.25, 0.3) is 0 Å². The van der Waals surface area contributed by atoms with Gasteiger partial charge in [0.25, 0.3) is 0 Å². The number of anilines is 1. The molecule has 0 unspecified atom stereocenters. The van der Waals surface area contributed by atoms with E-state index in [0.717, 1.165) is 63.3 Å². The van der Waals surface area contributed by atoms with Crippen LogP contribution in [0.4, 0.5) is 14.5 Å². The molecule has 2 aliphatic rings. The molecule has 1 aromatic carbocycles. The Morgan fingerprint density at radius 1 is 0.852 bits per heavy atom. The maximum Gasteiger partial charge on any atom is 0.160 e. The van der Waals surface area contributed by atoms with Gasteiger partial charge in [-0.25, -0.2) is 8.78 Å². The Hall–Kier alpha value is -2.21. The zero-order valence-electron chi connectivity index (χ0n) is 15.4. The van der Waals surface area contributed by atoms with Crippen LogP contribution in [-0.4, -0.2) is 48.2 Å². The molecule has 2 saturated heterocycles. The molecule has 27 heavy (non-hydrogen) atoms. The molecule has 0 saturated carbocycles. The summed E-state index contributed by atoms with van der Waals surface area (Å²) in [5, 5.41) is 0. The zero-order chi connectivity index (χ0) is 18.6. The van der Waals surface area contributed by atoms with Gasteiger partial charge in [-0.2, -0.15) is 0 Å². The Morgan fingerprint density at radius 2 is 1.56 bits per heavy atom. The fourth-order valence-corrected chi connectivity index (χ4v) is 4.14. The number of hydrogen-bond acceptors (Lipinski definition) is 4. The highest BCUT2D eigenvalue weighted by molar-refractivity contribution is 5.47. The van der Waals surface area contributed by atoms with Crippen molar-refractivity contribution in [3.63, 3.8) is 0 Å². The second-order valence-electron chi connectivity index (χ2n) is 7.35. The number of nitrogens with zero attached hydrogens (tertiary/aromatic N) is 3. The van der Waals surface area contributed by atoms with E-state index in [9.17, 15) is 8.78 Å². The number of piperidine rings is 2. The molecule has 4 nitrogen and oxygen atoms in total. The average Bonchev–Trinajstić information content (AvgIpc) is 2.72. The van der Waals surface area contributed by atoms with Crippen molar-refractivity contribution in [1.29, 1.82) is 0 Å². The molecule has 0 amide bonds. The van der Waals surface area contributed by atoms with Crippen molar-refractivity contribution in [3.8, 4) is 5.75 Å². The summed E-state index contributed by atoms with van der Waals surface area (Å²) in [6.45, 7) is 3.85. The summed E-state index contributed by atoms with van der Waals surface area (Å²) in [5.41, 5.74) is 0.775. The molecular weight excluding hydrogens is 348 g/mol. The van der Waals surface area contributed by atoms with Gasteiger partial charge in [0.2, 0.25) is 0 Å². The van der Waals surface area contributed by atoms with Crippen molar-refractivity contribution >= 4 is 5.69 Å². The van der Waals surface area contributed by atoms with Crippen LogP contribution in [0.15, 0.2) is 42.7 Å². The molecule has 2 fully saturated rings. The fraction of sp³-hybridized carbons (Fsp3) is 0.476. The van der Waals surface area contributed by atoms with E-state index in [2.05, 4.69) is 14.8 Å². The molecule has 2 aliphatic heterocycles. The topological polar surface area (TPSA) is 28.6 Å². The van der Waals surface area contributed by atoms with Crippen molar-refractivity contribution in [2.45, 2.75) is 37.8 Å². The summed E-state index contributed by atoms with van der Waals surface area (Å²) >= 11 is 0. The summed E-state index contributed by atoms with van der Waals surface area (Å²) in [6, 6.07) is 8.55. The number of pyridine rings is 1. The van der Waals surface area contributed by atoms with Crippen LogP contribution in [0.3, 0.4) is 0 Å². The van der Waals surface area contributed by atoms with Crippen LogP contribution < -0.4 is 9.64 Å². The number of likely N-dealkylation sites (tertiary alicyclic amines) is 1. The van der Waals surface area contributed by atoms with Crippen molar-refractivity contribution < 1.29 is 13.5 Å². The third-order valence-corrected chi connectivity index (χ3v) is 5.68. The highest BCUT2D eigenvalue weighted by Gasteiger charge is 2.29. The van der Waals surface area contributed by atoms with Gasteiger partial charge in [-0.1, -0.05) is 0 Å². The van der Waals surface area contributed by atoms with E-state index < -0.39 is 11.6 Å². The first-order valence-electron chi connectivity index (χ1n) is 9.70. The first-order chi connectivity index (χ1) is 13.2. The minimum absolute atomic E-state index is 0.269. The monoisotopic (exact) mass is 373 g/mol. The Kier molecular flexibility index (Phi) is 5.53. The van der Waals surface area contributed by atoms with Gasteiger partial charge in [0, 0.05) is 56.4 Å². The summed E-state index contributed by atoms with van der Waals surface area (Å²) < 4.78 is 32.6. The van der Waals surface area contributed by atoms with E-state index >= 15 is 0 Å². The largest absolute Gasteiger partial charge is 0.490 e. The highest BCUT2D eigenvalue weighted by atomic mass is 19.2. The lowest BCUT2D eigenvalue weighted by Gasteiger charge is -2.42. The number of rotatable bonds is 4. The number of aromatic nitrogens is 1. The van der Waals surface area contributed by atoms with Crippen molar-refractivity contribution in [1.82, 2.24) is 9.88 Å². The van der Waals surface area contributed by atoms with Gasteiger partial charge in [0.05, 0.1) is 0 Å². The average molecular weight is 373 g/mol. The lowest BCUT2D eigenvalue weighted by atomic mass is 9.98. The Bertz CT molecular complexity index is 742. The lowest BCUT2D eigenvalue weighted by molar-refractivity contribution is 0.0674. The predicted octanol–water partition coefficient (Wildman–Crippen LogP) is 3.87. The summed E-state index contributed by atoms with van der Waals surface area (Å²) in [7, 11) is 0. The Balaban J connectivity index is 1.25. The summed E-state index contributed by atoms with van der Waals surface area (Å²) in [5.74, 6) is -0.667. The predicted molar refractivity (Wildman–Crippen MR) is 101 cm³/mol. The van der Waals surface area contributed by atoms with Gasteiger partial charge >= 0.3 is 0 Å². The van der Waals surface area contributed by atoms with Crippen LogP contribution in [0.2, 0.25) is 0 Å². The Labute approximate surface area is 158 Å². The molecule has 0 atom stereocenters. The van der Waals surface area contributed by atoms with Crippen LogP contribution in [0, 0.1) is 11.6 Å². The van der Waals surface area contributed by atoms with Crippen molar-refractivity contribution in [2.24, 2.45) is 0 Å². The number of hydrogen-bond donors (Lipinski definition) is 0. The van der Waals surface area contributed by atoms with Gasteiger partial charge in [0.1, 0.15) is 11.9 Å². The standard InChI is InChI=1S/C21H25F2N3O/c22-20-2-1-17(15-21(20)23)26-11-5-16(6-12-26)25-13-7-19(8-14-25)27-18-3-9-24-10-4-18/h1-4,9-10,15-16,19H,5-8,11-14H2. The molecule has 0 spiro atoms. The second-order valence-corrected chi connectivity index (χ2v) is 7.35. The normalized spacial score (nSPS) is 20.0. The molecule has 2 aromatic rings. The summed E-state index contributed by atoms with van der Waals surface area (Å²) in [4.78, 5) is 8.73. The maximum absolute atomic E-state index is 13.5. The minimum atomic E-state index is -0.787. The first-order valence-corrected chi connectivity index (χ1v) is 9.70. The molecule has 0 aliphatic carbocycles. The van der Waals surface area contributed by atoms with E-state index in [4.69, 9.17) is 4.74 Å². The van der Waals surface area contributed by atoms with Crippen LogP contribution in [0.5, 0.6) is 5.75 Å². The molecular formula is C21H25F2N3O. The van der Waals surface area contributed by atoms with Crippen molar-refractivity contribution in [3.05, 3.63) is 54.4 Å². The van der Waals surface area contributed by atoms with E-state index in [1.807, 2.05) is 12.1 Å². The quantitative estimate of drug-likeness (QED) is 0.813. The third-order valence-electron chi connectivity index (χ3n) is 5.68. The smallest absolute Gasteiger partial charge is 0.160 e. The number of halogens is 2. The van der Waals surface area contributed by atoms with Gasteiger partial charge < -0.3 is 9.64 Å². The molecule has 1 aromatic heterocycles. The minimum Gasteiger partial charge on any atom is -0.490 e. The Morgan fingerprint density at radius 3 is 2.22 bits per heavy atom. The van der Waals surface area contributed by atoms with Crippen molar-refractivity contribution in [2.75, 3.05) is 31.1 Å². The van der Waals surface area contributed by atoms with E-state index in [1.165, 1.54) is 12.1 Å². The molecule has 4 rings (SSSR count). The molecule has 3 heterocycles. The first kappa shape index (κ1) is 18.2. The van der Waals surface area contributed by atoms with Gasteiger partial charge in [-0.15, -0.1) is 0 Å². The van der Waals surface area contributed by atoms with Crippen LogP contribution in [-0.2, 0) is 0 Å². The van der Waals surface area contributed by atoms with E-state index in [-0.39, 0.29) is 6.10 Å². The molecule has 0 radical (unpaired) electrons. The SMILES string of the molecule is Fc1ccc(N2CCC(N3CCC(Oc4ccncc4)CC3)CC2)cc1F. The molecule has 6 heteroatoms. The number of ether oxygens (including phenoxy) is 1. The van der Waals surface area contributed by atoms with Gasteiger partial charge in [-0.05, 0) is 49.9 Å². The van der Waals surface area contributed by atoms with Crippen LogP contribution >= 0.6 is 0 Å². The second kappa shape index (κ2) is 8.21. The maximum atomic E-state index is 13.5. The van der Waals surface area contributed by atoms with E-state index in [0.29, 0.717) is 6.04 Å². The molecule has 0 N–H and O–H groups in total.